The first-order valence-electron chi connectivity index (χ1n) is 18.5. The number of amides is 1. The van der Waals surface area contributed by atoms with Gasteiger partial charge in [0.15, 0.2) is 31.5 Å². The number of ether oxygens (including phenoxy) is 9. The van der Waals surface area contributed by atoms with Crippen LogP contribution in [0.5, 0.6) is 0 Å². The Morgan fingerprint density at radius 2 is 0.914 bits per heavy atom. The summed E-state index contributed by atoms with van der Waals surface area (Å²) in [7, 11) is 0. The molecule has 0 aromatic carbocycles. The number of aliphatic hydroxyl groups is 15. The van der Waals surface area contributed by atoms with Crippen molar-refractivity contribution in [3.05, 3.63) is 0 Å². The molecule has 0 unspecified atom stereocenters. The second kappa shape index (κ2) is 20.1. The molecule has 0 bridgehead atoms. The molecule has 25 atom stereocenters. The van der Waals surface area contributed by atoms with Gasteiger partial charge in [0.1, 0.15) is 116 Å². The number of nitrogens with one attached hydrogen (secondary N) is 1. The van der Waals surface area contributed by atoms with Crippen molar-refractivity contribution in [3.63, 3.8) is 0 Å². The molecule has 16 N–H and O–H groups in total. The summed E-state index contributed by atoms with van der Waals surface area (Å²) in [5.41, 5.74) is 0. The lowest BCUT2D eigenvalue weighted by Gasteiger charge is -2.50. The summed E-state index contributed by atoms with van der Waals surface area (Å²) in [5, 5.41) is 160. The number of hydrogen-bond acceptors (Lipinski definition) is 25. The van der Waals surface area contributed by atoms with Crippen molar-refractivity contribution in [1.82, 2.24) is 5.32 Å². The van der Waals surface area contributed by atoms with Crippen LogP contribution in [-0.4, -0.2) is 262 Å². The minimum absolute atomic E-state index is 0.823. The van der Waals surface area contributed by atoms with Crippen LogP contribution in [-0.2, 0) is 47.4 Å². The molecule has 0 spiro atoms. The average molecular weight is 854 g/mol. The van der Waals surface area contributed by atoms with E-state index in [2.05, 4.69) is 5.32 Å². The van der Waals surface area contributed by atoms with Crippen molar-refractivity contribution in [1.29, 1.82) is 0 Å². The van der Waals surface area contributed by atoms with Crippen LogP contribution in [0.3, 0.4) is 0 Å². The van der Waals surface area contributed by atoms with Gasteiger partial charge in [0.2, 0.25) is 5.91 Å². The summed E-state index contributed by atoms with van der Waals surface area (Å²) in [6, 6.07) is -1.72. The first-order chi connectivity index (χ1) is 27.4. The SMILES string of the molecule is CC(=O)N[C@H]1[C@H](O[C@H]2[C@@H](O)[C@@H](CO)O[C@@H](O[C@H]3[C@H](O)[C@@H](O)[C@@H](O)O[C@@H]3CO)[C@@H]2O)O[C@H](CO)[C@@H](O)[C@@H]1O[C@@H]1O[C@H](CO)[C@H](O)[C@H](O)[C@H]1O[C@@H]1O[C@@H](C)[C@@H](O)[C@@H](O)[C@@H]1O. The molecule has 0 aromatic heterocycles. The molecule has 5 saturated heterocycles. The van der Waals surface area contributed by atoms with Gasteiger partial charge in [-0.25, -0.2) is 0 Å². The van der Waals surface area contributed by atoms with Gasteiger partial charge >= 0.3 is 0 Å². The summed E-state index contributed by atoms with van der Waals surface area (Å²) in [4.78, 5) is 12.6. The fraction of sp³-hybridized carbons (Fsp3) is 0.969. The van der Waals surface area contributed by atoms with Gasteiger partial charge in [-0.2, -0.15) is 0 Å². The van der Waals surface area contributed by atoms with Crippen LogP contribution in [0, 0.1) is 0 Å². The molecule has 5 aliphatic rings. The molecule has 5 rings (SSSR count). The van der Waals surface area contributed by atoms with Gasteiger partial charge < -0.3 is 125 Å². The lowest BCUT2D eigenvalue weighted by molar-refractivity contribution is -0.390. The van der Waals surface area contributed by atoms with Crippen molar-refractivity contribution in [2.75, 3.05) is 26.4 Å². The Bertz CT molecular complexity index is 1310. The second-order valence-corrected chi connectivity index (χ2v) is 14.7. The highest BCUT2D eigenvalue weighted by Crippen LogP contribution is 2.36. The van der Waals surface area contributed by atoms with Gasteiger partial charge in [-0.1, -0.05) is 0 Å². The number of rotatable bonds is 13. The van der Waals surface area contributed by atoms with E-state index in [0.29, 0.717) is 0 Å². The first kappa shape index (κ1) is 47.6. The van der Waals surface area contributed by atoms with E-state index < -0.39 is 186 Å². The van der Waals surface area contributed by atoms with Crippen molar-refractivity contribution in [2.45, 2.75) is 167 Å². The molecule has 0 saturated carbocycles. The van der Waals surface area contributed by atoms with Crippen LogP contribution < -0.4 is 5.32 Å². The topological polar surface area (TPSA) is 416 Å². The summed E-state index contributed by atoms with van der Waals surface area (Å²) in [6.45, 7) is -1.34. The molecule has 5 aliphatic heterocycles. The van der Waals surface area contributed by atoms with Crippen LogP contribution in [0.4, 0.5) is 0 Å². The minimum atomic E-state index is -2.10. The number of hydrogen-bond donors (Lipinski definition) is 16. The summed E-state index contributed by atoms with van der Waals surface area (Å²) >= 11 is 0. The zero-order valence-corrected chi connectivity index (χ0v) is 31.1. The van der Waals surface area contributed by atoms with E-state index in [0.717, 1.165) is 6.92 Å². The smallest absolute Gasteiger partial charge is 0.217 e. The van der Waals surface area contributed by atoms with Crippen molar-refractivity contribution in [2.24, 2.45) is 0 Å². The highest BCUT2D eigenvalue weighted by atomic mass is 16.8. The molecule has 26 heteroatoms. The fourth-order valence-electron chi connectivity index (χ4n) is 7.35. The predicted molar refractivity (Wildman–Crippen MR) is 177 cm³/mol. The van der Waals surface area contributed by atoms with Gasteiger partial charge in [-0.15, -0.1) is 0 Å². The summed E-state index contributed by atoms with van der Waals surface area (Å²) < 4.78 is 50.8. The maximum Gasteiger partial charge on any atom is 0.217 e. The Balaban J connectivity index is 1.44. The summed E-state index contributed by atoms with van der Waals surface area (Å²) in [6.07, 6.45) is -43.4. The molecule has 58 heavy (non-hydrogen) atoms. The van der Waals surface area contributed by atoms with E-state index in [4.69, 9.17) is 42.6 Å². The van der Waals surface area contributed by atoms with E-state index in [1.165, 1.54) is 6.92 Å². The van der Waals surface area contributed by atoms with E-state index in [1.54, 1.807) is 0 Å². The molecule has 0 aliphatic carbocycles. The third-order valence-electron chi connectivity index (χ3n) is 10.7. The Kier molecular flexibility index (Phi) is 16.5. The van der Waals surface area contributed by atoms with Gasteiger partial charge in [0, 0.05) is 6.92 Å². The van der Waals surface area contributed by atoms with Crippen molar-refractivity contribution < 1.29 is 124 Å². The predicted octanol–water partition coefficient (Wildman–Crippen LogP) is -10.8. The number of aliphatic hydroxyl groups excluding tert-OH is 15. The van der Waals surface area contributed by atoms with E-state index in [1.807, 2.05) is 0 Å². The third kappa shape index (κ3) is 9.75. The maximum atomic E-state index is 12.6. The highest BCUT2D eigenvalue weighted by molar-refractivity contribution is 5.73. The standard InChI is InChI=1S/C32H55NO25/c1-7-14(39)18(43)22(47)30(50-7)58-27-19(44)15(40)9(3-34)54-32(27)56-25-13(33-8(2)38)29(52-10(4-35)16(25)41)57-26-17(42)11(5-36)53-31(23(26)48)55-24-12(6-37)51-28(49)21(46)20(24)45/h7,9-32,34-37,39-49H,3-6H2,1-2H3,(H,33,38)/t7-,9+,10+,11+,12+,13+,14+,15-,16+,17-,18+,19-,20+,21+,22-,23+,24+,25+,26-,27+,28-,29-,30-,31-,32-/m0/s1. The van der Waals surface area contributed by atoms with E-state index in [9.17, 15) is 81.4 Å². The highest BCUT2D eigenvalue weighted by Gasteiger charge is 2.57. The molecular weight excluding hydrogens is 798 g/mol. The van der Waals surface area contributed by atoms with Crippen LogP contribution in [0.25, 0.3) is 0 Å². The minimum Gasteiger partial charge on any atom is -0.394 e. The molecule has 0 aromatic rings. The van der Waals surface area contributed by atoms with Crippen LogP contribution in [0.15, 0.2) is 0 Å². The second-order valence-electron chi connectivity index (χ2n) is 14.7. The van der Waals surface area contributed by atoms with Gasteiger partial charge in [-0.3, -0.25) is 4.79 Å². The molecule has 5 heterocycles. The van der Waals surface area contributed by atoms with Gasteiger partial charge in [-0.05, 0) is 6.92 Å². The third-order valence-corrected chi connectivity index (χ3v) is 10.7. The first-order valence-corrected chi connectivity index (χ1v) is 18.5. The van der Waals surface area contributed by atoms with Gasteiger partial charge in [0.05, 0.1) is 32.5 Å². The molecular formula is C32H55NO25. The quantitative estimate of drug-likeness (QED) is 0.0818. The van der Waals surface area contributed by atoms with Gasteiger partial charge in [0.25, 0.3) is 0 Å². The summed E-state index contributed by atoms with van der Waals surface area (Å²) in [5.74, 6) is -0.823. The fourth-order valence-corrected chi connectivity index (χ4v) is 7.35. The monoisotopic (exact) mass is 853 g/mol. The Labute approximate surface area is 329 Å². The van der Waals surface area contributed by atoms with Crippen molar-refractivity contribution >= 4 is 5.91 Å². The zero-order valence-electron chi connectivity index (χ0n) is 31.1. The van der Waals surface area contributed by atoms with Crippen LogP contribution >= 0.6 is 0 Å². The molecule has 26 nitrogen and oxygen atoms in total. The molecule has 5 fully saturated rings. The number of carbonyl (C=O) groups is 1. The maximum absolute atomic E-state index is 12.6. The van der Waals surface area contributed by atoms with Crippen LogP contribution in [0.2, 0.25) is 0 Å². The zero-order chi connectivity index (χ0) is 42.9. The lowest BCUT2D eigenvalue weighted by atomic mass is 9.94. The Morgan fingerprint density at radius 1 is 0.448 bits per heavy atom. The number of carbonyl (C=O) groups excluding carboxylic acids is 1. The average Bonchev–Trinajstić information content (AvgIpc) is 3.19. The van der Waals surface area contributed by atoms with E-state index >= 15 is 0 Å². The molecule has 338 valence electrons. The van der Waals surface area contributed by atoms with Crippen LogP contribution in [0.1, 0.15) is 13.8 Å². The lowest BCUT2D eigenvalue weighted by Crippen LogP contribution is -2.70. The Hall–Kier alpha value is -1.49. The molecule has 1 amide bonds. The normalized spacial score (nSPS) is 51.6. The largest absolute Gasteiger partial charge is 0.394 e. The molecule has 0 radical (unpaired) electrons. The van der Waals surface area contributed by atoms with E-state index in [-0.39, 0.29) is 0 Å². The Morgan fingerprint density at radius 3 is 1.50 bits per heavy atom. The van der Waals surface area contributed by atoms with Crippen molar-refractivity contribution in [3.8, 4) is 0 Å².